The van der Waals surface area contributed by atoms with Gasteiger partial charge in [0.05, 0.1) is 23.4 Å². The van der Waals surface area contributed by atoms with Gasteiger partial charge in [0.1, 0.15) is 5.75 Å². The Balaban J connectivity index is 1.68. The molecule has 1 amide bonds. The van der Waals surface area contributed by atoms with Crippen LogP contribution in [0.5, 0.6) is 5.75 Å². The van der Waals surface area contributed by atoms with Gasteiger partial charge in [-0.3, -0.25) is 4.79 Å². The van der Waals surface area contributed by atoms with Crippen LogP contribution in [0.15, 0.2) is 28.1 Å². The predicted molar refractivity (Wildman–Crippen MR) is 96.2 cm³/mol. The minimum atomic E-state index is -0.106. The van der Waals surface area contributed by atoms with Gasteiger partial charge in [-0.05, 0) is 54.0 Å². The molecule has 1 heterocycles. The molecule has 0 radical (unpaired) electrons. The number of nitrogens with zero attached hydrogens (tertiary/aromatic N) is 1. The number of halogens is 1. The summed E-state index contributed by atoms with van der Waals surface area (Å²) in [5.74, 6) is 0.560. The zero-order valence-corrected chi connectivity index (χ0v) is 15.6. The van der Waals surface area contributed by atoms with Crippen molar-refractivity contribution in [1.29, 1.82) is 0 Å². The fourth-order valence-electron chi connectivity index (χ4n) is 2.02. The van der Waals surface area contributed by atoms with Crippen LogP contribution in [0, 0.1) is 6.92 Å². The van der Waals surface area contributed by atoms with Gasteiger partial charge in [-0.1, -0.05) is 0 Å². The number of benzene rings is 1. The number of rotatable bonds is 8. The lowest BCUT2D eigenvalue weighted by molar-refractivity contribution is 0.0952. The molecule has 1 aromatic heterocycles. The third kappa shape index (κ3) is 5.60. The molecule has 0 aliphatic heterocycles. The van der Waals surface area contributed by atoms with Gasteiger partial charge >= 0.3 is 0 Å². The molecular formula is C16H20BrN3O2S. The Labute approximate surface area is 148 Å². The SMILES string of the molecule is COc1ccc(Br)c(C(=O)NCCCNCc2csc(C)n2)c1. The highest BCUT2D eigenvalue weighted by Gasteiger charge is 2.10. The molecular weight excluding hydrogens is 378 g/mol. The lowest BCUT2D eigenvalue weighted by Gasteiger charge is -2.09. The summed E-state index contributed by atoms with van der Waals surface area (Å²) in [6, 6.07) is 5.35. The van der Waals surface area contributed by atoms with Gasteiger partial charge < -0.3 is 15.4 Å². The standard InChI is InChI=1S/C16H20BrN3O2S/c1-11-20-12(10-23-11)9-18-6-3-7-19-16(21)14-8-13(22-2)4-5-15(14)17/h4-5,8,10,18H,3,6-7,9H2,1-2H3,(H,19,21). The Morgan fingerprint density at radius 3 is 2.91 bits per heavy atom. The summed E-state index contributed by atoms with van der Waals surface area (Å²) < 4.78 is 5.90. The Morgan fingerprint density at radius 2 is 2.22 bits per heavy atom. The Morgan fingerprint density at radius 1 is 1.39 bits per heavy atom. The van der Waals surface area contributed by atoms with Crippen LogP contribution in [0.1, 0.15) is 27.5 Å². The molecule has 0 spiro atoms. The highest BCUT2D eigenvalue weighted by molar-refractivity contribution is 9.10. The average Bonchev–Trinajstić information content (AvgIpc) is 2.96. The quantitative estimate of drug-likeness (QED) is 0.671. The van der Waals surface area contributed by atoms with Crippen molar-refractivity contribution in [2.45, 2.75) is 19.9 Å². The number of carbonyl (C=O) groups excluding carboxylic acids is 1. The second-order valence-corrected chi connectivity index (χ2v) is 6.91. The molecule has 0 atom stereocenters. The number of hydrogen-bond acceptors (Lipinski definition) is 5. The number of aryl methyl sites for hydroxylation is 1. The van der Waals surface area contributed by atoms with Crippen molar-refractivity contribution < 1.29 is 9.53 Å². The average molecular weight is 398 g/mol. The molecule has 1 aromatic carbocycles. The molecule has 2 rings (SSSR count). The lowest BCUT2D eigenvalue weighted by Crippen LogP contribution is -2.27. The van der Waals surface area contributed by atoms with E-state index in [4.69, 9.17) is 4.74 Å². The second-order valence-electron chi connectivity index (χ2n) is 4.99. The van der Waals surface area contributed by atoms with Crippen LogP contribution < -0.4 is 15.4 Å². The highest BCUT2D eigenvalue weighted by Crippen LogP contribution is 2.22. The number of aromatic nitrogens is 1. The van der Waals surface area contributed by atoms with Crippen LogP contribution in [0.4, 0.5) is 0 Å². The number of ether oxygens (including phenoxy) is 1. The van der Waals surface area contributed by atoms with Crippen molar-refractivity contribution in [2.75, 3.05) is 20.2 Å². The topological polar surface area (TPSA) is 63.2 Å². The molecule has 5 nitrogen and oxygen atoms in total. The van der Waals surface area contributed by atoms with Crippen LogP contribution in [0.25, 0.3) is 0 Å². The van der Waals surface area contributed by atoms with Crippen molar-refractivity contribution in [1.82, 2.24) is 15.6 Å². The fraction of sp³-hybridized carbons (Fsp3) is 0.375. The fourth-order valence-corrected chi connectivity index (χ4v) is 3.06. The molecule has 0 bridgehead atoms. The highest BCUT2D eigenvalue weighted by atomic mass is 79.9. The van der Waals surface area contributed by atoms with Crippen molar-refractivity contribution in [3.05, 3.63) is 44.3 Å². The van der Waals surface area contributed by atoms with E-state index in [1.165, 1.54) is 0 Å². The number of amides is 1. The first-order valence-corrected chi connectivity index (χ1v) is 9.01. The number of carbonyl (C=O) groups is 1. The molecule has 0 fully saturated rings. The van der Waals surface area contributed by atoms with Crippen LogP contribution in [0.3, 0.4) is 0 Å². The third-order valence-corrected chi connectivity index (χ3v) is 4.72. The Bertz CT molecular complexity index is 661. The normalized spacial score (nSPS) is 10.6. The van der Waals surface area contributed by atoms with Gasteiger partial charge in [0.2, 0.25) is 0 Å². The van der Waals surface area contributed by atoms with E-state index >= 15 is 0 Å². The van der Waals surface area contributed by atoms with Crippen LogP contribution >= 0.6 is 27.3 Å². The maximum absolute atomic E-state index is 12.2. The molecule has 124 valence electrons. The molecule has 2 aromatic rings. The van der Waals surface area contributed by atoms with Crippen molar-refractivity contribution >= 4 is 33.2 Å². The summed E-state index contributed by atoms with van der Waals surface area (Å²) in [5.41, 5.74) is 1.65. The second kappa shape index (κ2) is 9.00. The molecule has 0 aliphatic rings. The Hall–Kier alpha value is -1.44. The molecule has 0 aliphatic carbocycles. The summed E-state index contributed by atoms with van der Waals surface area (Å²) in [6.07, 6.45) is 0.858. The maximum atomic E-state index is 12.2. The van der Waals surface area contributed by atoms with Crippen molar-refractivity contribution in [2.24, 2.45) is 0 Å². The van der Waals surface area contributed by atoms with Crippen LogP contribution in [0.2, 0.25) is 0 Å². The summed E-state index contributed by atoms with van der Waals surface area (Å²) in [7, 11) is 1.58. The maximum Gasteiger partial charge on any atom is 0.252 e. The van der Waals surface area contributed by atoms with E-state index in [0.29, 0.717) is 17.9 Å². The van der Waals surface area contributed by atoms with E-state index in [1.54, 1.807) is 24.5 Å². The first-order chi connectivity index (χ1) is 11.1. The summed E-state index contributed by atoms with van der Waals surface area (Å²) in [6.45, 7) is 4.21. The van der Waals surface area contributed by atoms with Gasteiger partial charge in [0, 0.05) is 22.9 Å². The van der Waals surface area contributed by atoms with Crippen molar-refractivity contribution in [3.8, 4) is 5.75 Å². The minimum absolute atomic E-state index is 0.106. The Kier molecular flexibility index (Phi) is 7.01. The zero-order chi connectivity index (χ0) is 16.7. The molecule has 7 heteroatoms. The van der Waals surface area contributed by atoms with E-state index < -0.39 is 0 Å². The number of hydrogen-bond donors (Lipinski definition) is 2. The number of thiazole rings is 1. The minimum Gasteiger partial charge on any atom is -0.497 e. The van der Waals surface area contributed by atoms with Gasteiger partial charge in [-0.15, -0.1) is 11.3 Å². The third-order valence-electron chi connectivity index (χ3n) is 3.21. The van der Waals surface area contributed by atoms with E-state index in [9.17, 15) is 4.79 Å². The first kappa shape index (κ1) is 17.9. The summed E-state index contributed by atoms with van der Waals surface area (Å²) >= 11 is 5.04. The van der Waals surface area contributed by atoms with Gasteiger partial charge in [0.25, 0.3) is 5.91 Å². The van der Waals surface area contributed by atoms with Crippen LogP contribution in [-0.4, -0.2) is 31.1 Å². The summed E-state index contributed by atoms with van der Waals surface area (Å²) in [4.78, 5) is 16.6. The first-order valence-electron chi connectivity index (χ1n) is 7.33. The molecule has 2 N–H and O–H groups in total. The summed E-state index contributed by atoms with van der Waals surface area (Å²) in [5, 5.41) is 9.38. The van der Waals surface area contributed by atoms with E-state index in [1.807, 2.05) is 19.1 Å². The molecule has 23 heavy (non-hydrogen) atoms. The monoisotopic (exact) mass is 397 g/mol. The van der Waals surface area contributed by atoms with Crippen LogP contribution in [-0.2, 0) is 6.54 Å². The van der Waals surface area contributed by atoms with Gasteiger partial charge in [0.15, 0.2) is 0 Å². The largest absolute Gasteiger partial charge is 0.497 e. The molecule has 0 saturated heterocycles. The molecule has 0 saturated carbocycles. The van der Waals surface area contributed by atoms with E-state index in [2.05, 4.69) is 36.9 Å². The van der Waals surface area contributed by atoms with Gasteiger partial charge in [-0.2, -0.15) is 0 Å². The predicted octanol–water partition coefficient (Wildman–Crippen LogP) is 3.13. The van der Waals surface area contributed by atoms with E-state index in [-0.39, 0.29) is 5.91 Å². The zero-order valence-electron chi connectivity index (χ0n) is 13.2. The number of methoxy groups -OCH3 is 1. The number of nitrogens with one attached hydrogen (secondary N) is 2. The van der Waals surface area contributed by atoms with Gasteiger partial charge in [-0.25, -0.2) is 4.98 Å². The van der Waals surface area contributed by atoms with Crippen molar-refractivity contribution in [3.63, 3.8) is 0 Å². The molecule has 0 unspecified atom stereocenters. The van der Waals surface area contributed by atoms with E-state index in [0.717, 1.165) is 34.7 Å². The lowest BCUT2D eigenvalue weighted by atomic mass is 10.2. The smallest absolute Gasteiger partial charge is 0.252 e.